The smallest absolute Gasteiger partial charge is 0.267 e. The summed E-state index contributed by atoms with van der Waals surface area (Å²) in [6.07, 6.45) is 3.61. The van der Waals surface area contributed by atoms with E-state index in [9.17, 15) is 4.79 Å². The number of aliphatic imine (C=N–C) groups is 1. The van der Waals surface area contributed by atoms with Crippen molar-refractivity contribution in [2.45, 2.75) is 13.8 Å². The van der Waals surface area contributed by atoms with Crippen LogP contribution >= 0.6 is 23.1 Å². The van der Waals surface area contributed by atoms with Gasteiger partial charge in [-0.1, -0.05) is 35.9 Å². The van der Waals surface area contributed by atoms with Crippen LogP contribution in [-0.2, 0) is 4.79 Å². The van der Waals surface area contributed by atoms with Gasteiger partial charge in [-0.05, 0) is 37.2 Å². The zero-order valence-corrected chi connectivity index (χ0v) is 15.2. The lowest BCUT2D eigenvalue weighted by Crippen LogP contribution is -2.29. The number of aryl methyl sites for hydroxylation is 2. The number of rotatable bonds is 4. The Hall–Kier alpha value is -2.18. The van der Waals surface area contributed by atoms with Gasteiger partial charge < -0.3 is 0 Å². The Labute approximate surface area is 149 Å². The van der Waals surface area contributed by atoms with E-state index in [2.05, 4.69) is 16.6 Å². The molecule has 0 saturated carbocycles. The molecular weight excluding hydrogens is 338 g/mol. The molecule has 1 aromatic carbocycles. The maximum atomic E-state index is 12.7. The number of benzene rings is 1. The average Bonchev–Trinajstić information content (AvgIpc) is 3.09. The van der Waals surface area contributed by atoms with E-state index >= 15 is 0 Å². The van der Waals surface area contributed by atoms with Crippen molar-refractivity contribution in [2.24, 2.45) is 4.99 Å². The molecule has 1 amide bonds. The molecule has 1 aliphatic heterocycles. The van der Waals surface area contributed by atoms with Crippen molar-refractivity contribution in [1.29, 1.82) is 0 Å². The molecule has 0 spiro atoms. The monoisotopic (exact) mass is 355 g/mol. The van der Waals surface area contributed by atoms with Crippen molar-refractivity contribution < 1.29 is 4.79 Å². The third-order valence-corrected chi connectivity index (χ3v) is 5.23. The van der Waals surface area contributed by atoms with Gasteiger partial charge in [0.2, 0.25) is 5.13 Å². The van der Waals surface area contributed by atoms with E-state index in [4.69, 9.17) is 0 Å². The van der Waals surface area contributed by atoms with Crippen molar-refractivity contribution in [3.8, 4) is 0 Å². The number of thioether (sulfide) groups is 1. The van der Waals surface area contributed by atoms with E-state index in [0.717, 1.165) is 11.3 Å². The van der Waals surface area contributed by atoms with Crippen LogP contribution in [0.25, 0.3) is 6.08 Å². The van der Waals surface area contributed by atoms with Gasteiger partial charge in [-0.15, -0.1) is 17.9 Å². The highest BCUT2D eigenvalue weighted by atomic mass is 32.2. The predicted octanol–water partition coefficient (Wildman–Crippen LogP) is 4.55. The van der Waals surface area contributed by atoms with Crippen LogP contribution in [0.2, 0.25) is 0 Å². The molecule has 1 fully saturated rings. The van der Waals surface area contributed by atoms with Crippen molar-refractivity contribution in [2.75, 3.05) is 6.54 Å². The standard InChI is InChI=1S/C18H17N3OS2/c1-4-9-21-16(22)15(10-14-7-5-12(2)6-8-14)24-18(21)20-17-19-13(3)11-23-17/h4-8,10-11H,1,9H2,2-3H3/b15-10-,20-18+. The Kier molecular flexibility index (Phi) is 4.97. The fourth-order valence-electron chi connectivity index (χ4n) is 2.17. The summed E-state index contributed by atoms with van der Waals surface area (Å²) >= 11 is 2.85. The summed E-state index contributed by atoms with van der Waals surface area (Å²) in [5.74, 6) is -0.0486. The topological polar surface area (TPSA) is 45.6 Å². The molecule has 122 valence electrons. The van der Waals surface area contributed by atoms with Crippen LogP contribution in [0.1, 0.15) is 16.8 Å². The second-order valence-electron chi connectivity index (χ2n) is 5.39. The third kappa shape index (κ3) is 3.66. The zero-order valence-electron chi connectivity index (χ0n) is 13.5. The summed E-state index contributed by atoms with van der Waals surface area (Å²) in [5.41, 5.74) is 3.12. The number of amidine groups is 1. The summed E-state index contributed by atoms with van der Waals surface area (Å²) in [6.45, 7) is 8.13. The van der Waals surface area contributed by atoms with E-state index in [1.807, 2.05) is 49.6 Å². The molecule has 4 nitrogen and oxygen atoms in total. The normalized spacial score (nSPS) is 17.9. The second kappa shape index (κ2) is 7.15. The Morgan fingerprint density at radius 3 is 2.67 bits per heavy atom. The van der Waals surface area contributed by atoms with Crippen LogP contribution in [0, 0.1) is 13.8 Å². The van der Waals surface area contributed by atoms with E-state index in [-0.39, 0.29) is 5.91 Å². The van der Waals surface area contributed by atoms with E-state index < -0.39 is 0 Å². The summed E-state index contributed by atoms with van der Waals surface area (Å²) in [4.78, 5) is 23.8. The average molecular weight is 355 g/mol. The number of carbonyl (C=O) groups is 1. The summed E-state index contributed by atoms with van der Waals surface area (Å²) in [7, 11) is 0. The number of amides is 1. The van der Waals surface area contributed by atoms with Crippen LogP contribution in [0.15, 0.2) is 52.2 Å². The molecule has 1 aliphatic rings. The Morgan fingerprint density at radius 2 is 2.04 bits per heavy atom. The molecule has 24 heavy (non-hydrogen) atoms. The molecule has 2 heterocycles. The fraction of sp³-hybridized carbons (Fsp3) is 0.167. The minimum Gasteiger partial charge on any atom is -0.282 e. The van der Waals surface area contributed by atoms with Crippen LogP contribution in [0.5, 0.6) is 0 Å². The Balaban J connectivity index is 1.93. The minimum atomic E-state index is -0.0486. The van der Waals surface area contributed by atoms with Gasteiger partial charge in [-0.25, -0.2) is 4.98 Å². The van der Waals surface area contributed by atoms with E-state index in [1.54, 1.807) is 11.0 Å². The number of hydrogen-bond donors (Lipinski definition) is 0. The quantitative estimate of drug-likeness (QED) is 0.597. The summed E-state index contributed by atoms with van der Waals surface area (Å²) in [5, 5.41) is 3.25. The number of hydrogen-bond acceptors (Lipinski definition) is 5. The molecule has 0 N–H and O–H groups in total. The number of aromatic nitrogens is 1. The lowest BCUT2D eigenvalue weighted by atomic mass is 10.1. The lowest BCUT2D eigenvalue weighted by Gasteiger charge is -2.11. The highest BCUT2D eigenvalue weighted by Crippen LogP contribution is 2.34. The van der Waals surface area contributed by atoms with Gasteiger partial charge in [0.15, 0.2) is 5.17 Å². The Morgan fingerprint density at radius 1 is 1.29 bits per heavy atom. The van der Waals surface area contributed by atoms with Crippen molar-refractivity contribution in [3.05, 3.63) is 64.0 Å². The fourth-order valence-corrected chi connectivity index (χ4v) is 3.88. The maximum Gasteiger partial charge on any atom is 0.267 e. The van der Waals surface area contributed by atoms with Crippen LogP contribution in [0.4, 0.5) is 5.13 Å². The van der Waals surface area contributed by atoms with Gasteiger partial charge >= 0.3 is 0 Å². The molecule has 0 aliphatic carbocycles. The molecule has 6 heteroatoms. The Bertz CT molecular complexity index is 834. The van der Waals surface area contributed by atoms with Crippen molar-refractivity contribution >= 4 is 45.4 Å². The summed E-state index contributed by atoms with van der Waals surface area (Å²) in [6, 6.07) is 8.08. The molecule has 0 unspecified atom stereocenters. The highest BCUT2D eigenvalue weighted by Gasteiger charge is 2.32. The zero-order chi connectivity index (χ0) is 17.1. The van der Waals surface area contributed by atoms with Gasteiger partial charge in [-0.2, -0.15) is 4.99 Å². The first-order chi connectivity index (χ1) is 11.6. The van der Waals surface area contributed by atoms with Crippen LogP contribution < -0.4 is 0 Å². The molecule has 2 aromatic rings. The first-order valence-electron chi connectivity index (χ1n) is 7.46. The highest BCUT2D eigenvalue weighted by molar-refractivity contribution is 8.18. The molecule has 1 saturated heterocycles. The van der Waals surface area contributed by atoms with Crippen LogP contribution in [0.3, 0.4) is 0 Å². The molecule has 3 rings (SSSR count). The number of nitrogens with zero attached hydrogens (tertiary/aromatic N) is 3. The second-order valence-corrected chi connectivity index (χ2v) is 7.24. The predicted molar refractivity (Wildman–Crippen MR) is 103 cm³/mol. The minimum absolute atomic E-state index is 0.0486. The van der Waals surface area contributed by atoms with Gasteiger partial charge in [-0.3, -0.25) is 9.69 Å². The van der Waals surface area contributed by atoms with E-state index in [0.29, 0.717) is 21.7 Å². The molecule has 0 radical (unpaired) electrons. The first-order valence-corrected chi connectivity index (χ1v) is 9.16. The maximum absolute atomic E-state index is 12.7. The van der Waals surface area contributed by atoms with Gasteiger partial charge in [0.05, 0.1) is 10.6 Å². The number of carbonyl (C=O) groups excluding carboxylic acids is 1. The number of thiazole rings is 1. The van der Waals surface area contributed by atoms with Gasteiger partial charge in [0, 0.05) is 11.9 Å². The lowest BCUT2D eigenvalue weighted by molar-refractivity contribution is -0.121. The largest absolute Gasteiger partial charge is 0.282 e. The third-order valence-electron chi connectivity index (χ3n) is 3.37. The van der Waals surface area contributed by atoms with Crippen LogP contribution in [-0.4, -0.2) is 27.5 Å². The van der Waals surface area contributed by atoms with E-state index in [1.165, 1.54) is 28.7 Å². The SMILES string of the molecule is C=CCN1C(=O)/C(=C/c2ccc(C)cc2)S/C1=N/c1nc(C)cs1. The van der Waals surface area contributed by atoms with Gasteiger partial charge in [0.1, 0.15) is 0 Å². The van der Waals surface area contributed by atoms with Gasteiger partial charge in [0.25, 0.3) is 5.91 Å². The van der Waals surface area contributed by atoms with Crippen molar-refractivity contribution in [1.82, 2.24) is 9.88 Å². The first kappa shape index (κ1) is 16.7. The van der Waals surface area contributed by atoms with Crippen molar-refractivity contribution in [3.63, 3.8) is 0 Å². The molecule has 0 bridgehead atoms. The molecule has 1 aromatic heterocycles. The molecule has 0 atom stereocenters. The summed E-state index contributed by atoms with van der Waals surface area (Å²) < 4.78 is 0. The molecular formula is C18H17N3OS2.